The first-order valence-electron chi connectivity index (χ1n) is 8.39. The Kier molecular flexibility index (Phi) is 7.77. The number of hydrogen-bond donors (Lipinski definition) is 0. The second-order valence-corrected chi connectivity index (χ2v) is 7.65. The SMILES string of the molecule is C.CC.CC(C)(C)c1ccc(-c2ccc(C(C)(C)C)cc2)cc1. The molecule has 0 heterocycles. The van der Waals surface area contributed by atoms with Crippen molar-refractivity contribution in [1.82, 2.24) is 0 Å². The Balaban J connectivity index is 0.00000155. The van der Waals surface area contributed by atoms with E-state index in [-0.39, 0.29) is 18.3 Å². The Morgan fingerprint density at radius 1 is 0.478 bits per heavy atom. The van der Waals surface area contributed by atoms with Crippen LogP contribution in [0.3, 0.4) is 0 Å². The van der Waals surface area contributed by atoms with Crippen molar-refractivity contribution in [2.45, 2.75) is 73.6 Å². The number of hydrogen-bond acceptors (Lipinski definition) is 0. The van der Waals surface area contributed by atoms with Gasteiger partial charge in [0.05, 0.1) is 0 Å². The lowest BCUT2D eigenvalue weighted by Gasteiger charge is -2.20. The Morgan fingerprint density at radius 3 is 0.870 bits per heavy atom. The summed E-state index contributed by atoms with van der Waals surface area (Å²) in [4.78, 5) is 0. The monoisotopic (exact) mass is 312 g/mol. The second-order valence-electron chi connectivity index (χ2n) is 7.65. The van der Waals surface area contributed by atoms with Crippen LogP contribution in [0.25, 0.3) is 11.1 Å². The summed E-state index contributed by atoms with van der Waals surface area (Å²) in [7, 11) is 0. The lowest BCUT2D eigenvalue weighted by atomic mass is 9.85. The van der Waals surface area contributed by atoms with Crippen LogP contribution in [0, 0.1) is 0 Å². The molecule has 0 saturated heterocycles. The molecule has 0 radical (unpaired) electrons. The zero-order chi connectivity index (χ0) is 17.0. The average molecular weight is 313 g/mol. The van der Waals surface area contributed by atoms with Crippen molar-refractivity contribution in [3.8, 4) is 11.1 Å². The predicted octanol–water partition coefficient (Wildman–Crippen LogP) is 7.61. The summed E-state index contributed by atoms with van der Waals surface area (Å²) in [5.74, 6) is 0. The van der Waals surface area contributed by atoms with Gasteiger partial charge in [0.25, 0.3) is 0 Å². The molecule has 0 aliphatic rings. The normalized spacial score (nSPS) is 11.1. The standard InChI is InChI=1S/C20H26.C2H6.CH4/c1-19(2,3)17-11-7-15(8-12-17)16-9-13-18(14-10-16)20(4,5)6;1-2;/h7-14H,1-6H3;1-2H3;1H4. The van der Waals surface area contributed by atoms with Gasteiger partial charge in [-0.2, -0.15) is 0 Å². The van der Waals surface area contributed by atoms with Crippen molar-refractivity contribution in [3.63, 3.8) is 0 Å². The van der Waals surface area contributed by atoms with E-state index in [9.17, 15) is 0 Å². The van der Waals surface area contributed by atoms with E-state index in [0.29, 0.717) is 0 Å². The van der Waals surface area contributed by atoms with Crippen LogP contribution in [0.1, 0.15) is 73.9 Å². The number of rotatable bonds is 1. The molecular formula is C23H36. The maximum Gasteiger partial charge on any atom is -0.0132 e. The topological polar surface area (TPSA) is 0 Å². The fourth-order valence-corrected chi connectivity index (χ4v) is 2.33. The Bertz CT molecular complexity index is 502. The lowest BCUT2D eigenvalue weighted by Crippen LogP contribution is -2.10. The maximum absolute atomic E-state index is 2.25. The van der Waals surface area contributed by atoms with E-state index < -0.39 is 0 Å². The molecule has 23 heavy (non-hydrogen) atoms. The minimum atomic E-state index is 0. The predicted molar refractivity (Wildman–Crippen MR) is 107 cm³/mol. The van der Waals surface area contributed by atoms with Crippen molar-refractivity contribution >= 4 is 0 Å². The first-order chi connectivity index (χ1) is 10.2. The molecule has 128 valence electrons. The highest BCUT2D eigenvalue weighted by molar-refractivity contribution is 5.64. The van der Waals surface area contributed by atoms with Gasteiger partial charge < -0.3 is 0 Å². The third-order valence-corrected chi connectivity index (χ3v) is 3.84. The Labute approximate surface area is 145 Å². The van der Waals surface area contributed by atoms with E-state index >= 15 is 0 Å². The molecule has 0 bridgehead atoms. The molecule has 0 aromatic heterocycles. The number of benzene rings is 2. The zero-order valence-corrected chi connectivity index (χ0v) is 15.6. The Morgan fingerprint density at radius 2 is 0.696 bits per heavy atom. The molecule has 0 unspecified atom stereocenters. The van der Waals surface area contributed by atoms with Crippen molar-refractivity contribution in [2.24, 2.45) is 0 Å². The van der Waals surface area contributed by atoms with E-state index in [1.165, 1.54) is 22.3 Å². The third-order valence-electron chi connectivity index (χ3n) is 3.84. The van der Waals surface area contributed by atoms with Crippen LogP contribution in [0.4, 0.5) is 0 Å². The minimum absolute atomic E-state index is 0. The van der Waals surface area contributed by atoms with E-state index in [1.807, 2.05) is 13.8 Å². The fraction of sp³-hybridized carbons (Fsp3) is 0.478. The van der Waals surface area contributed by atoms with Gasteiger partial charge in [0.1, 0.15) is 0 Å². The molecule has 0 fully saturated rings. The Hall–Kier alpha value is -1.56. The minimum Gasteiger partial charge on any atom is -0.0776 e. The smallest absolute Gasteiger partial charge is 0.0132 e. The highest BCUT2D eigenvalue weighted by atomic mass is 14.2. The van der Waals surface area contributed by atoms with E-state index in [1.54, 1.807) is 0 Å². The van der Waals surface area contributed by atoms with E-state index in [0.717, 1.165) is 0 Å². The molecule has 0 atom stereocenters. The van der Waals surface area contributed by atoms with Crippen molar-refractivity contribution in [3.05, 3.63) is 59.7 Å². The van der Waals surface area contributed by atoms with Crippen LogP contribution in [-0.4, -0.2) is 0 Å². The molecular weight excluding hydrogens is 276 g/mol. The molecule has 0 heteroatoms. The van der Waals surface area contributed by atoms with Crippen LogP contribution in [0.5, 0.6) is 0 Å². The van der Waals surface area contributed by atoms with Crippen molar-refractivity contribution < 1.29 is 0 Å². The van der Waals surface area contributed by atoms with Gasteiger partial charge in [-0.25, -0.2) is 0 Å². The fourth-order valence-electron chi connectivity index (χ4n) is 2.33. The van der Waals surface area contributed by atoms with Crippen LogP contribution < -0.4 is 0 Å². The highest BCUT2D eigenvalue weighted by Crippen LogP contribution is 2.28. The average Bonchev–Trinajstić information content (AvgIpc) is 2.48. The van der Waals surface area contributed by atoms with Crippen LogP contribution >= 0.6 is 0 Å². The van der Waals surface area contributed by atoms with E-state index in [2.05, 4.69) is 90.1 Å². The van der Waals surface area contributed by atoms with Gasteiger partial charge in [0.2, 0.25) is 0 Å². The van der Waals surface area contributed by atoms with Crippen molar-refractivity contribution in [2.75, 3.05) is 0 Å². The lowest BCUT2D eigenvalue weighted by molar-refractivity contribution is 0.590. The summed E-state index contributed by atoms with van der Waals surface area (Å²) in [5.41, 5.74) is 5.78. The molecule has 0 aliphatic carbocycles. The molecule has 2 aromatic carbocycles. The largest absolute Gasteiger partial charge is 0.0776 e. The molecule has 2 aromatic rings. The quantitative estimate of drug-likeness (QED) is 0.508. The first kappa shape index (κ1) is 21.4. The maximum atomic E-state index is 2.25. The van der Waals surface area contributed by atoms with Gasteiger partial charge in [-0.05, 0) is 33.1 Å². The zero-order valence-electron chi connectivity index (χ0n) is 15.6. The molecule has 0 nitrogen and oxygen atoms in total. The molecule has 0 N–H and O–H groups in total. The first-order valence-corrected chi connectivity index (χ1v) is 8.39. The van der Waals surface area contributed by atoms with Gasteiger partial charge in [-0.3, -0.25) is 0 Å². The van der Waals surface area contributed by atoms with Gasteiger partial charge in [-0.1, -0.05) is 111 Å². The van der Waals surface area contributed by atoms with Crippen molar-refractivity contribution in [1.29, 1.82) is 0 Å². The van der Waals surface area contributed by atoms with Gasteiger partial charge >= 0.3 is 0 Å². The summed E-state index contributed by atoms with van der Waals surface area (Å²) in [6.07, 6.45) is 0. The van der Waals surface area contributed by atoms with E-state index in [4.69, 9.17) is 0 Å². The van der Waals surface area contributed by atoms with Crippen LogP contribution in [0.15, 0.2) is 48.5 Å². The van der Waals surface area contributed by atoms with Crippen LogP contribution in [0.2, 0.25) is 0 Å². The molecule has 0 amide bonds. The summed E-state index contributed by atoms with van der Waals surface area (Å²) in [6.45, 7) is 17.5. The summed E-state index contributed by atoms with van der Waals surface area (Å²) in [5, 5.41) is 0. The van der Waals surface area contributed by atoms with Crippen LogP contribution in [-0.2, 0) is 10.8 Å². The summed E-state index contributed by atoms with van der Waals surface area (Å²) >= 11 is 0. The second kappa shape index (κ2) is 8.34. The highest BCUT2D eigenvalue weighted by Gasteiger charge is 2.14. The molecule has 2 rings (SSSR count). The summed E-state index contributed by atoms with van der Waals surface area (Å²) < 4.78 is 0. The van der Waals surface area contributed by atoms with Gasteiger partial charge in [0, 0.05) is 0 Å². The molecule has 0 saturated carbocycles. The van der Waals surface area contributed by atoms with Gasteiger partial charge in [0.15, 0.2) is 0 Å². The molecule has 0 aliphatic heterocycles. The third kappa shape index (κ3) is 5.86. The molecule has 0 spiro atoms. The summed E-state index contributed by atoms with van der Waals surface area (Å²) in [6, 6.07) is 17.9. The van der Waals surface area contributed by atoms with Gasteiger partial charge in [-0.15, -0.1) is 0 Å².